The van der Waals surface area contributed by atoms with Gasteiger partial charge in [0.2, 0.25) is 0 Å². The third kappa shape index (κ3) is 1.42. The SMILES string of the molecule is O=S1(=O)NNS(=O)(=O)c2cccc1c2. The van der Waals surface area contributed by atoms with Crippen molar-refractivity contribution in [3.8, 4) is 0 Å². The highest BCUT2D eigenvalue weighted by molar-refractivity contribution is 7.93. The van der Waals surface area contributed by atoms with E-state index in [2.05, 4.69) is 0 Å². The molecule has 0 radical (unpaired) electrons. The summed E-state index contributed by atoms with van der Waals surface area (Å²) in [5.41, 5.74) is 0. The topological polar surface area (TPSA) is 92.3 Å². The van der Waals surface area contributed by atoms with Crippen molar-refractivity contribution in [3.05, 3.63) is 24.3 Å². The molecule has 8 heteroatoms. The predicted molar refractivity (Wildman–Crippen MR) is 47.1 cm³/mol. The molecule has 2 rings (SSSR count). The Balaban J connectivity index is 2.81. The van der Waals surface area contributed by atoms with Crippen LogP contribution < -0.4 is 9.66 Å². The normalized spacial score (nSPS) is 22.6. The van der Waals surface area contributed by atoms with E-state index in [9.17, 15) is 16.8 Å². The molecule has 2 bridgehead atoms. The molecular formula is C6H6N2O4S2. The zero-order chi connectivity index (χ0) is 10.4. The standard InChI is InChI=1S/C6H6N2O4S2/c9-13(10)5-2-1-3-6(4-5)14(11,12)8-7-13/h1-4,7-8H. The molecule has 6 nitrogen and oxygen atoms in total. The van der Waals surface area contributed by atoms with Crippen LogP contribution in [0.1, 0.15) is 0 Å². The average molecular weight is 234 g/mol. The molecule has 1 aromatic carbocycles. The summed E-state index contributed by atoms with van der Waals surface area (Å²) in [6.07, 6.45) is 0. The van der Waals surface area contributed by atoms with E-state index in [4.69, 9.17) is 0 Å². The molecule has 14 heavy (non-hydrogen) atoms. The van der Waals surface area contributed by atoms with E-state index in [0.29, 0.717) is 0 Å². The second-order valence-corrected chi connectivity index (χ2v) is 6.05. The third-order valence-electron chi connectivity index (χ3n) is 1.74. The second-order valence-electron chi connectivity index (χ2n) is 2.69. The molecule has 0 saturated heterocycles. The fourth-order valence-electron chi connectivity index (χ4n) is 1.04. The third-order valence-corrected chi connectivity index (χ3v) is 4.36. The van der Waals surface area contributed by atoms with Crippen molar-refractivity contribution in [2.24, 2.45) is 0 Å². The maximum atomic E-state index is 11.3. The minimum atomic E-state index is -3.77. The Hall–Kier alpha value is -0.960. The number of hydrogen-bond donors (Lipinski definition) is 2. The van der Waals surface area contributed by atoms with Gasteiger partial charge in [0.25, 0.3) is 20.0 Å². The quantitative estimate of drug-likeness (QED) is 0.613. The Kier molecular flexibility index (Phi) is 1.89. The lowest BCUT2D eigenvalue weighted by molar-refractivity contribution is 0.561. The van der Waals surface area contributed by atoms with Crippen molar-refractivity contribution < 1.29 is 16.8 Å². The van der Waals surface area contributed by atoms with E-state index < -0.39 is 20.0 Å². The van der Waals surface area contributed by atoms with Gasteiger partial charge in [-0.3, -0.25) is 0 Å². The van der Waals surface area contributed by atoms with Gasteiger partial charge in [0, 0.05) is 0 Å². The minimum Gasteiger partial charge on any atom is -0.206 e. The first-order valence-electron chi connectivity index (χ1n) is 3.55. The van der Waals surface area contributed by atoms with Crippen molar-refractivity contribution in [3.63, 3.8) is 0 Å². The Bertz CT molecular complexity index is 526. The summed E-state index contributed by atoms with van der Waals surface area (Å²) in [4.78, 5) is 3.35. The number of rotatable bonds is 0. The van der Waals surface area contributed by atoms with Gasteiger partial charge >= 0.3 is 0 Å². The van der Waals surface area contributed by atoms with E-state index in [0.717, 1.165) is 6.07 Å². The molecule has 0 fully saturated rings. The molecule has 1 heterocycles. The zero-order valence-electron chi connectivity index (χ0n) is 6.76. The van der Waals surface area contributed by atoms with Crippen molar-refractivity contribution in [2.75, 3.05) is 0 Å². The van der Waals surface area contributed by atoms with Crippen LogP contribution in [0, 0.1) is 0 Å². The van der Waals surface area contributed by atoms with Gasteiger partial charge in [0.05, 0.1) is 9.79 Å². The van der Waals surface area contributed by atoms with Gasteiger partial charge in [-0.25, -0.2) is 16.8 Å². The van der Waals surface area contributed by atoms with E-state index in [1.54, 1.807) is 9.66 Å². The van der Waals surface area contributed by atoms with Crippen molar-refractivity contribution in [1.82, 2.24) is 9.66 Å². The van der Waals surface area contributed by atoms with Crippen LogP contribution in [0.25, 0.3) is 0 Å². The highest BCUT2D eigenvalue weighted by atomic mass is 32.2. The van der Waals surface area contributed by atoms with Crippen molar-refractivity contribution in [1.29, 1.82) is 0 Å². The molecular weight excluding hydrogens is 228 g/mol. The number of nitrogens with one attached hydrogen (secondary N) is 2. The van der Waals surface area contributed by atoms with Crippen LogP contribution in [-0.4, -0.2) is 16.8 Å². The lowest BCUT2D eigenvalue weighted by Crippen LogP contribution is -2.39. The predicted octanol–water partition coefficient (Wildman–Crippen LogP) is -0.828. The van der Waals surface area contributed by atoms with Crippen LogP contribution in [0.2, 0.25) is 0 Å². The molecule has 0 spiro atoms. The number of hydrazine groups is 1. The molecule has 0 saturated carbocycles. The van der Waals surface area contributed by atoms with Gasteiger partial charge in [-0.05, 0) is 18.2 Å². The Morgan fingerprint density at radius 3 is 1.71 bits per heavy atom. The summed E-state index contributed by atoms with van der Waals surface area (Å²) in [7, 11) is -7.54. The van der Waals surface area contributed by atoms with E-state index >= 15 is 0 Å². The first-order chi connectivity index (χ1) is 6.42. The molecule has 1 aliphatic rings. The van der Waals surface area contributed by atoms with E-state index in [-0.39, 0.29) is 9.79 Å². The molecule has 2 N–H and O–H groups in total. The fraction of sp³-hybridized carbons (Fsp3) is 0. The first-order valence-corrected chi connectivity index (χ1v) is 6.52. The highest BCUT2D eigenvalue weighted by Gasteiger charge is 2.25. The van der Waals surface area contributed by atoms with Crippen LogP contribution in [0.5, 0.6) is 0 Å². The van der Waals surface area contributed by atoms with Crippen LogP contribution in [0.3, 0.4) is 0 Å². The lowest BCUT2D eigenvalue weighted by atomic mass is 10.4. The number of fused-ring (bicyclic) bond motifs is 2. The molecule has 0 unspecified atom stereocenters. The number of sulfonamides is 2. The summed E-state index contributed by atoms with van der Waals surface area (Å²) in [5, 5.41) is 0. The molecule has 0 aliphatic carbocycles. The van der Waals surface area contributed by atoms with Crippen LogP contribution in [0.15, 0.2) is 34.1 Å². The van der Waals surface area contributed by atoms with Crippen molar-refractivity contribution in [2.45, 2.75) is 9.79 Å². The number of hydrogen-bond acceptors (Lipinski definition) is 4. The van der Waals surface area contributed by atoms with Crippen LogP contribution >= 0.6 is 0 Å². The maximum absolute atomic E-state index is 11.3. The highest BCUT2D eigenvalue weighted by Crippen LogP contribution is 2.17. The maximum Gasteiger partial charge on any atom is 0.254 e. The van der Waals surface area contributed by atoms with Crippen LogP contribution in [0.4, 0.5) is 0 Å². The van der Waals surface area contributed by atoms with Gasteiger partial charge in [-0.1, -0.05) is 6.07 Å². The molecule has 1 aromatic rings. The molecule has 0 amide bonds. The minimum absolute atomic E-state index is 0.0800. The molecule has 0 atom stereocenters. The van der Waals surface area contributed by atoms with Crippen molar-refractivity contribution >= 4 is 20.0 Å². The van der Waals surface area contributed by atoms with Gasteiger partial charge < -0.3 is 0 Å². The second kappa shape index (κ2) is 2.76. The largest absolute Gasteiger partial charge is 0.254 e. The summed E-state index contributed by atoms with van der Waals surface area (Å²) >= 11 is 0. The fourth-order valence-corrected chi connectivity index (χ4v) is 3.30. The molecule has 1 aliphatic heterocycles. The summed E-state index contributed by atoms with van der Waals surface area (Å²) in [6, 6.07) is 5.09. The summed E-state index contributed by atoms with van der Waals surface area (Å²) < 4.78 is 45.3. The summed E-state index contributed by atoms with van der Waals surface area (Å²) in [6.45, 7) is 0. The van der Waals surface area contributed by atoms with Gasteiger partial charge in [-0.2, -0.15) is 0 Å². The Labute approximate surface area is 81.0 Å². The monoisotopic (exact) mass is 234 g/mol. The smallest absolute Gasteiger partial charge is 0.206 e. The average Bonchev–Trinajstić information content (AvgIpc) is 2.19. The van der Waals surface area contributed by atoms with Gasteiger partial charge in [0.15, 0.2) is 0 Å². The Morgan fingerprint density at radius 1 is 0.857 bits per heavy atom. The first kappa shape index (κ1) is 9.59. The Morgan fingerprint density at radius 2 is 1.29 bits per heavy atom. The summed E-state index contributed by atoms with van der Waals surface area (Å²) in [5.74, 6) is 0. The van der Waals surface area contributed by atoms with E-state index in [1.165, 1.54) is 18.2 Å². The molecule has 76 valence electrons. The zero-order valence-corrected chi connectivity index (χ0v) is 8.39. The van der Waals surface area contributed by atoms with E-state index in [1.807, 2.05) is 0 Å². The number of benzene rings is 1. The lowest BCUT2D eigenvalue weighted by Gasteiger charge is -2.01. The van der Waals surface area contributed by atoms with Gasteiger partial charge in [-0.15, -0.1) is 9.66 Å². The van der Waals surface area contributed by atoms with Crippen LogP contribution in [-0.2, 0) is 20.0 Å². The van der Waals surface area contributed by atoms with Gasteiger partial charge in [0.1, 0.15) is 0 Å². The molecule has 0 aromatic heterocycles.